The van der Waals surface area contributed by atoms with Crippen LogP contribution < -0.4 is 9.03 Å². The molecule has 0 unspecified atom stereocenters. The van der Waals surface area contributed by atoms with Crippen LogP contribution in [0.1, 0.15) is 32.3 Å². The molecular weight excluding hydrogens is 306 g/mol. The Hall–Kier alpha value is -2.27. The Labute approximate surface area is 130 Å². The molecule has 1 heterocycles. The average molecular weight is 325 g/mol. The van der Waals surface area contributed by atoms with Crippen molar-refractivity contribution >= 4 is 21.8 Å². The van der Waals surface area contributed by atoms with Gasteiger partial charge in [-0.1, -0.05) is 19.9 Å². The highest BCUT2D eigenvalue weighted by Crippen LogP contribution is 2.31. The topological polar surface area (TPSA) is 111 Å². The van der Waals surface area contributed by atoms with Gasteiger partial charge in [0.1, 0.15) is 12.3 Å². The number of phenolic OH excluding ortho intramolecular Hbond substituents is 1. The molecule has 0 spiro atoms. The van der Waals surface area contributed by atoms with E-state index in [0.29, 0.717) is 19.3 Å². The number of aromatic hydroxyl groups is 1. The minimum atomic E-state index is -3.91. The summed E-state index contributed by atoms with van der Waals surface area (Å²) in [5.74, 6) is -0.845. The van der Waals surface area contributed by atoms with E-state index in [-0.39, 0.29) is 18.0 Å². The molecule has 0 saturated carbocycles. The molecule has 0 aliphatic carbocycles. The van der Waals surface area contributed by atoms with E-state index in [0.717, 1.165) is 9.87 Å². The molecule has 2 rings (SSSR count). The van der Waals surface area contributed by atoms with E-state index in [4.69, 9.17) is 5.26 Å². The van der Waals surface area contributed by atoms with E-state index < -0.39 is 16.1 Å². The monoisotopic (exact) mass is 325 g/mol. The van der Waals surface area contributed by atoms with Crippen LogP contribution in [0.3, 0.4) is 0 Å². The van der Waals surface area contributed by atoms with Crippen molar-refractivity contribution in [2.75, 3.05) is 10.8 Å². The van der Waals surface area contributed by atoms with Crippen molar-refractivity contribution < 1.29 is 18.3 Å². The van der Waals surface area contributed by atoms with Crippen molar-refractivity contribution in [3.05, 3.63) is 23.8 Å². The first-order chi connectivity index (χ1) is 10.4. The van der Waals surface area contributed by atoms with Crippen molar-refractivity contribution in [3.63, 3.8) is 0 Å². The zero-order valence-corrected chi connectivity index (χ0v) is 13.4. The van der Waals surface area contributed by atoms with Gasteiger partial charge in [-0.05, 0) is 30.5 Å². The molecule has 1 saturated heterocycles. The van der Waals surface area contributed by atoms with E-state index in [1.54, 1.807) is 6.07 Å². The Bertz CT molecular complexity index is 680. The lowest BCUT2D eigenvalue weighted by Crippen LogP contribution is -2.29. The normalized spacial score (nSPS) is 15.5. The second-order valence-corrected chi connectivity index (χ2v) is 5.97. The fourth-order valence-electron chi connectivity index (χ4n) is 1.97. The molecule has 1 amide bonds. The standard InChI is InChI=1S/C12H13N3O4S.C2H6/c13-6-2-1-3-9-4-5-10(11(16)7-9)15-8-12(17)14-20(15,18)19;1-2/h4-5,7,16H,1-3,8H2,(H,14,17);1-2H3. The number of amides is 1. The molecule has 22 heavy (non-hydrogen) atoms. The van der Waals surface area contributed by atoms with Crippen molar-refractivity contribution in [3.8, 4) is 11.8 Å². The van der Waals surface area contributed by atoms with E-state index in [1.807, 2.05) is 24.6 Å². The van der Waals surface area contributed by atoms with E-state index in [1.165, 1.54) is 12.1 Å². The maximum atomic E-state index is 11.7. The molecule has 1 aliphatic heterocycles. The van der Waals surface area contributed by atoms with Gasteiger partial charge in [-0.25, -0.2) is 9.03 Å². The molecule has 0 radical (unpaired) electrons. The van der Waals surface area contributed by atoms with Gasteiger partial charge in [-0.2, -0.15) is 13.7 Å². The maximum absolute atomic E-state index is 11.7. The number of nitrogens with one attached hydrogen (secondary N) is 1. The fourth-order valence-corrected chi connectivity index (χ4v) is 3.13. The average Bonchev–Trinajstić information content (AvgIpc) is 2.74. The van der Waals surface area contributed by atoms with Crippen LogP contribution in [-0.2, 0) is 21.4 Å². The number of aryl methyl sites for hydroxylation is 1. The number of rotatable bonds is 4. The van der Waals surface area contributed by atoms with Gasteiger partial charge in [0.15, 0.2) is 0 Å². The highest BCUT2D eigenvalue weighted by Gasteiger charge is 2.35. The summed E-state index contributed by atoms with van der Waals surface area (Å²) < 4.78 is 26.0. The quantitative estimate of drug-likeness (QED) is 0.814. The lowest BCUT2D eigenvalue weighted by atomic mass is 10.1. The molecule has 7 nitrogen and oxygen atoms in total. The number of carbonyl (C=O) groups is 1. The molecule has 0 bridgehead atoms. The lowest BCUT2D eigenvalue weighted by molar-refractivity contribution is -0.117. The third kappa shape index (κ3) is 4.11. The predicted molar refractivity (Wildman–Crippen MR) is 82.4 cm³/mol. The van der Waals surface area contributed by atoms with Gasteiger partial charge in [0, 0.05) is 6.42 Å². The Morgan fingerprint density at radius 3 is 2.59 bits per heavy atom. The van der Waals surface area contributed by atoms with E-state index in [9.17, 15) is 18.3 Å². The van der Waals surface area contributed by atoms with Gasteiger partial charge >= 0.3 is 10.2 Å². The van der Waals surface area contributed by atoms with Crippen LogP contribution in [0.15, 0.2) is 18.2 Å². The number of anilines is 1. The highest BCUT2D eigenvalue weighted by atomic mass is 32.2. The minimum Gasteiger partial charge on any atom is -0.506 e. The van der Waals surface area contributed by atoms with Gasteiger partial charge in [0.2, 0.25) is 0 Å². The molecule has 120 valence electrons. The Kier molecular flexibility index (Phi) is 6.19. The highest BCUT2D eigenvalue weighted by molar-refractivity contribution is 7.92. The summed E-state index contributed by atoms with van der Waals surface area (Å²) in [6, 6.07) is 6.60. The third-order valence-electron chi connectivity index (χ3n) is 2.88. The molecular formula is C14H19N3O4S. The van der Waals surface area contributed by atoms with E-state index in [2.05, 4.69) is 0 Å². The van der Waals surface area contributed by atoms with Crippen LogP contribution in [0.25, 0.3) is 0 Å². The van der Waals surface area contributed by atoms with Gasteiger partial charge in [-0.15, -0.1) is 0 Å². The molecule has 2 N–H and O–H groups in total. The second kappa shape index (κ2) is 7.66. The van der Waals surface area contributed by atoms with Crippen LogP contribution in [0.5, 0.6) is 5.75 Å². The summed E-state index contributed by atoms with van der Waals surface area (Å²) >= 11 is 0. The molecule has 0 atom stereocenters. The fraction of sp³-hybridized carbons (Fsp3) is 0.429. The first kappa shape index (κ1) is 17.8. The number of hydrogen-bond donors (Lipinski definition) is 2. The second-order valence-electron chi connectivity index (χ2n) is 4.37. The molecule has 8 heteroatoms. The van der Waals surface area contributed by atoms with Crippen molar-refractivity contribution in [2.45, 2.75) is 33.1 Å². The van der Waals surface area contributed by atoms with Crippen LogP contribution in [0.4, 0.5) is 5.69 Å². The zero-order valence-electron chi connectivity index (χ0n) is 12.5. The number of hydrogen-bond acceptors (Lipinski definition) is 5. The summed E-state index contributed by atoms with van der Waals surface area (Å²) in [5, 5.41) is 18.4. The van der Waals surface area contributed by atoms with Crippen LogP contribution >= 0.6 is 0 Å². The Balaban J connectivity index is 0.00000116. The number of unbranched alkanes of at least 4 members (excludes halogenated alkanes) is 1. The van der Waals surface area contributed by atoms with Gasteiger partial charge < -0.3 is 5.11 Å². The van der Waals surface area contributed by atoms with Gasteiger partial charge in [0.05, 0.1) is 11.8 Å². The SMILES string of the molecule is CC.N#CCCCc1ccc(N2CC(=O)NS2(=O)=O)c(O)c1. The first-order valence-electron chi connectivity index (χ1n) is 6.96. The molecule has 0 aromatic heterocycles. The summed E-state index contributed by atoms with van der Waals surface area (Å²) in [7, 11) is -3.91. The molecule has 1 aliphatic rings. The molecule has 1 aromatic carbocycles. The maximum Gasteiger partial charge on any atom is 0.326 e. The largest absolute Gasteiger partial charge is 0.506 e. The van der Waals surface area contributed by atoms with Gasteiger partial charge in [-0.3, -0.25) is 4.79 Å². The summed E-state index contributed by atoms with van der Waals surface area (Å²) in [6.45, 7) is 3.66. The lowest BCUT2D eigenvalue weighted by Gasteiger charge is -2.16. The minimum absolute atomic E-state index is 0.0624. The number of nitriles is 1. The first-order valence-corrected chi connectivity index (χ1v) is 8.40. The smallest absolute Gasteiger partial charge is 0.326 e. The van der Waals surface area contributed by atoms with Gasteiger partial charge in [0.25, 0.3) is 5.91 Å². The van der Waals surface area contributed by atoms with E-state index >= 15 is 0 Å². The predicted octanol–water partition coefficient (Wildman–Crippen LogP) is 1.45. The zero-order chi connectivity index (χ0) is 16.8. The van der Waals surface area contributed by atoms with Crippen LogP contribution in [-0.4, -0.2) is 26.0 Å². The van der Waals surface area contributed by atoms with Crippen LogP contribution in [0.2, 0.25) is 0 Å². The van der Waals surface area contributed by atoms with Crippen molar-refractivity contribution in [2.24, 2.45) is 0 Å². The van der Waals surface area contributed by atoms with Crippen LogP contribution in [0, 0.1) is 11.3 Å². The molecule has 1 fully saturated rings. The number of carbonyl (C=O) groups excluding carboxylic acids is 1. The summed E-state index contributed by atoms with van der Waals surface area (Å²) in [4.78, 5) is 11.2. The summed E-state index contributed by atoms with van der Waals surface area (Å²) in [5.41, 5.74) is 0.866. The number of phenols is 1. The Morgan fingerprint density at radius 1 is 1.41 bits per heavy atom. The van der Waals surface area contributed by atoms with Crippen molar-refractivity contribution in [1.82, 2.24) is 4.72 Å². The number of benzene rings is 1. The third-order valence-corrected chi connectivity index (χ3v) is 4.27. The summed E-state index contributed by atoms with van der Waals surface area (Å²) in [6.07, 6.45) is 1.70. The van der Waals surface area contributed by atoms with Crippen molar-refractivity contribution in [1.29, 1.82) is 5.26 Å². The number of nitrogens with zero attached hydrogens (tertiary/aromatic N) is 2. The Morgan fingerprint density at radius 2 is 2.09 bits per heavy atom. The molecule has 1 aromatic rings.